The maximum atomic E-state index is 11.7. The summed E-state index contributed by atoms with van der Waals surface area (Å²) < 4.78 is 0. The zero-order valence-corrected chi connectivity index (χ0v) is 13.0. The van der Waals surface area contributed by atoms with Crippen LogP contribution in [0.3, 0.4) is 0 Å². The van der Waals surface area contributed by atoms with Crippen molar-refractivity contribution in [2.24, 2.45) is 0 Å². The van der Waals surface area contributed by atoms with E-state index in [4.69, 9.17) is 0 Å². The lowest BCUT2D eigenvalue weighted by molar-refractivity contribution is 0.0988. The largest absolute Gasteiger partial charge is 0.366 e. The Hall–Kier alpha value is -2.16. The number of carbonyl (C=O) groups excluding carboxylic acids is 1. The lowest BCUT2D eigenvalue weighted by Gasteiger charge is -2.23. The van der Waals surface area contributed by atoms with Gasteiger partial charge in [-0.25, -0.2) is 0 Å². The second-order valence-electron chi connectivity index (χ2n) is 5.11. The molecule has 1 heterocycles. The summed E-state index contributed by atoms with van der Waals surface area (Å²) in [5.41, 5.74) is 4.00. The van der Waals surface area contributed by atoms with E-state index < -0.39 is 0 Å². The van der Waals surface area contributed by atoms with Crippen LogP contribution in [0, 0.1) is 6.92 Å². The lowest BCUT2D eigenvalue weighted by Crippen LogP contribution is -2.22. The van der Waals surface area contributed by atoms with Gasteiger partial charge in [0.05, 0.1) is 12.2 Å². The topological polar surface area (TPSA) is 33.2 Å². The van der Waals surface area contributed by atoms with Crippen molar-refractivity contribution < 1.29 is 4.79 Å². The third-order valence-corrected chi connectivity index (χ3v) is 3.56. The van der Waals surface area contributed by atoms with E-state index in [-0.39, 0.29) is 5.78 Å². The summed E-state index contributed by atoms with van der Waals surface area (Å²) in [7, 11) is 0. The standard InChI is InChI=1S/C18H22N2O/c1-4-18(21)15-9-11-17(12-10-15)20(5-2)13-16-8-6-7-14(3)19-16/h6-12H,4-5,13H2,1-3H3. The molecule has 1 aromatic carbocycles. The number of carbonyl (C=O) groups is 1. The Bertz CT molecular complexity index is 605. The van der Waals surface area contributed by atoms with E-state index in [9.17, 15) is 4.79 Å². The molecule has 0 aliphatic heterocycles. The Balaban J connectivity index is 2.15. The molecule has 110 valence electrons. The van der Waals surface area contributed by atoms with Crippen molar-refractivity contribution in [3.63, 3.8) is 0 Å². The predicted octanol–water partition coefficient (Wildman–Crippen LogP) is 4.01. The number of nitrogens with zero attached hydrogens (tertiary/aromatic N) is 2. The second-order valence-corrected chi connectivity index (χ2v) is 5.11. The molecule has 0 amide bonds. The van der Waals surface area contributed by atoms with Gasteiger partial charge in [-0.2, -0.15) is 0 Å². The van der Waals surface area contributed by atoms with Gasteiger partial charge < -0.3 is 4.90 Å². The summed E-state index contributed by atoms with van der Waals surface area (Å²) in [6.45, 7) is 7.69. The van der Waals surface area contributed by atoms with Crippen LogP contribution in [0.2, 0.25) is 0 Å². The number of benzene rings is 1. The zero-order valence-electron chi connectivity index (χ0n) is 13.0. The highest BCUT2D eigenvalue weighted by Gasteiger charge is 2.08. The van der Waals surface area contributed by atoms with Crippen LogP contribution in [0.4, 0.5) is 5.69 Å². The van der Waals surface area contributed by atoms with Crippen LogP contribution < -0.4 is 4.90 Å². The summed E-state index contributed by atoms with van der Waals surface area (Å²) in [6.07, 6.45) is 0.546. The first-order chi connectivity index (χ1) is 10.1. The highest BCUT2D eigenvalue weighted by atomic mass is 16.1. The second kappa shape index (κ2) is 7.02. The monoisotopic (exact) mass is 282 g/mol. The van der Waals surface area contributed by atoms with Gasteiger partial charge in [-0.3, -0.25) is 9.78 Å². The van der Waals surface area contributed by atoms with E-state index in [1.165, 1.54) is 0 Å². The molecule has 2 aromatic rings. The van der Waals surface area contributed by atoms with Crippen molar-refractivity contribution in [1.29, 1.82) is 0 Å². The Kier molecular flexibility index (Phi) is 5.09. The minimum absolute atomic E-state index is 0.185. The molecule has 0 saturated carbocycles. The maximum absolute atomic E-state index is 11.7. The average Bonchev–Trinajstić information content (AvgIpc) is 2.52. The molecule has 0 saturated heterocycles. The third-order valence-electron chi connectivity index (χ3n) is 3.56. The first-order valence-electron chi connectivity index (χ1n) is 7.44. The summed E-state index contributed by atoms with van der Waals surface area (Å²) in [5.74, 6) is 0.185. The quantitative estimate of drug-likeness (QED) is 0.751. The van der Waals surface area contributed by atoms with Gasteiger partial charge in [-0.15, -0.1) is 0 Å². The first kappa shape index (κ1) is 15.2. The number of hydrogen-bond donors (Lipinski definition) is 0. The number of ketones is 1. The Labute approximate surface area is 126 Å². The molecule has 3 nitrogen and oxygen atoms in total. The van der Waals surface area contributed by atoms with E-state index >= 15 is 0 Å². The normalized spacial score (nSPS) is 10.4. The van der Waals surface area contributed by atoms with E-state index in [2.05, 4.69) is 16.8 Å². The highest BCUT2D eigenvalue weighted by molar-refractivity contribution is 5.96. The van der Waals surface area contributed by atoms with Gasteiger partial charge >= 0.3 is 0 Å². The Morgan fingerprint density at radius 1 is 1.10 bits per heavy atom. The van der Waals surface area contributed by atoms with Crippen molar-refractivity contribution in [3.8, 4) is 0 Å². The molecule has 0 atom stereocenters. The third kappa shape index (κ3) is 3.91. The van der Waals surface area contributed by atoms with Crippen molar-refractivity contribution in [1.82, 2.24) is 4.98 Å². The number of pyridine rings is 1. The van der Waals surface area contributed by atoms with Gasteiger partial charge in [0, 0.05) is 29.9 Å². The van der Waals surface area contributed by atoms with Crippen molar-refractivity contribution in [3.05, 3.63) is 59.4 Å². The average molecular weight is 282 g/mol. The molecule has 0 bridgehead atoms. The van der Waals surface area contributed by atoms with Crippen molar-refractivity contribution >= 4 is 11.5 Å². The van der Waals surface area contributed by atoms with Crippen LogP contribution in [0.5, 0.6) is 0 Å². The number of aromatic nitrogens is 1. The number of Topliss-reactive ketones (excluding diaryl/α,β-unsaturated/α-hetero) is 1. The van der Waals surface area contributed by atoms with Crippen molar-refractivity contribution in [2.75, 3.05) is 11.4 Å². The fraction of sp³-hybridized carbons (Fsp3) is 0.333. The van der Waals surface area contributed by atoms with E-state index in [0.29, 0.717) is 6.42 Å². The molecule has 21 heavy (non-hydrogen) atoms. The van der Waals surface area contributed by atoms with Gasteiger partial charge in [0.15, 0.2) is 5.78 Å². The molecule has 0 radical (unpaired) electrons. The molecule has 3 heteroatoms. The predicted molar refractivity (Wildman–Crippen MR) is 86.8 cm³/mol. The lowest BCUT2D eigenvalue weighted by atomic mass is 10.1. The molecule has 2 rings (SSSR count). The number of anilines is 1. The molecule has 0 aliphatic carbocycles. The van der Waals surface area contributed by atoms with Gasteiger partial charge in [-0.1, -0.05) is 13.0 Å². The van der Waals surface area contributed by atoms with Gasteiger partial charge in [0.25, 0.3) is 0 Å². The number of hydrogen-bond acceptors (Lipinski definition) is 3. The van der Waals surface area contributed by atoms with Crippen LogP contribution in [0.1, 0.15) is 42.0 Å². The van der Waals surface area contributed by atoms with E-state index in [1.807, 2.05) is 56.3 Å². The molecule has 0 unspecified atom stereocenters. The molecule has 1 aromatic heterocycles. The van der Waals surface area contributed by atoms with Crippen LogP contribution in [-0.4, -0.2) is 17.3 Å². The molecular weight excluding hydrogens is 260 g/mol. The Morgan fingerprint density at radius 2 is 1.81 bits per heavy atom. The smallest absolute Gasteiger partial charge is 0.162 e. The summed E-state index contributed by atoms with van der Waals surface area (Å²) in [5, 5.41) is 0. The summed E-state index contributed by atoms with van der Waals surface area (Å²) in [6, 6.07) is 13.9. The minimum Gasteiger partial charge on any atom is -0.366 e. The van der Waals surface area contributed by atoms with Crippen LogP contribution in [0.15, 0.2) is 42.5 Å². The highest BCUT2D eigenvalue weighted by Crippen LogP contribution is 2.18. The van der Waals surface area contributed by atoms with E-state index in [1.54, 1.807) is 0 Å². The van der Waals surface area contributed by atoms with Crippen LogP contribution in [0.25, 0.3) is 0 Å². The van der Waals surface area contributed by atoms with Gasteiger partial charge in [0.1, 0.15) is 0 Å². The molecule has 0 fully saturated rings. The van der Waals surface area contributed by atoms with Crippen LogP contribution >= 0.6 is 0 Å². The zero-order chi connectivity index (χ0) is 15.2. The maximum Gasteiger partial charge on any atom is 0.162 e. The summed E-state index contributed by atoms with van der Waals surface area (Å²) >= 11 is 0. The van der Waals surface area contributed by atoms with Gasteiger partial charge in [0.2, 0.25) is 0 Å². The molecule has 0 aliphatic rings. The fourth-order valence-corrected chi connectivity index (χ4v) is 2.33. The number of rotatable bonds is 6. The van der Waals surface area contributed by atoms with Crippen LogP contribution in [-0.2, 0) is 6.54 Å². The number of aryl methyl sites for hydroxylation is 1. The molecule has 0 N–H and O–H groups in total. The van der Waals surface area contributed by atoms with Gasteiger partial charge in [-0.05, 0) is 50.2 Å². The Morgan fingerprint density at radius 3 is 2.38 bits per heavy atom. The minimum atomic E-state index is 0.185. The molecule has 0 spiro atoms. The fourth-order valence-electron chi connectivity index (χ4n) is 2.33. The summed E-state index contributed by atoms with van der Waals surface area (Å²) in [4.78, 5) is 18.5. The SMILES string of the molecule is CCC(=O)c1ccc(N(CC)Cc2cccc(C)n2)cc1. The van der Waals surface area contributed by atoms with E-state index in [0.717, 1.165) is 35.7 Å². The molecular formula is C18H22N2O. The van der Waals surface area contributed by atoms with Crippen molar-refractivity contribution in [2.45, 2.75) is 33.7 Å². The first-order valence-corrected chi connectivity index (χ1v) is 7.44.